The van der Waals surface area contributed by atoms with Crippen LogP contribution in [0.3, 0.4) is 0 Å². The predicted octanol–water partition coefficient (Wildman–Crippen LogP) is 5.46. The van der Waals surface area contributed by atoms with Crippen molar-refractivity contribution >= 4 is 49.7 Å². The Hall–Kier alpha value is -2.91. The number of ether oxygens (including phenoxy) is 1. The first kappa shape index (κ1) is 19.4. The average Bonchev–Trinajstić information content (AvgIpc) is 3.33. The van der Waals surface area contributed by atoms with Crippen LogP contribution in [0.25, 0.3) is 11.3 Å². The molecule has 1 unspecified atom stereocenters. The molecule has 3 aromatic rings. The number of carbonyl (C=O) groups is 1. The number of hydrogen-bond donors (Lipinski definition) is 0. The van der Waals surface area contributed by atoms with E-state index < -0.39 is 6.04 Å². The van der Waals surface area contributed by atoms with E-state index in [1.165, 1.54) is 16.3 Å². The van der Waals surface area contributed by atoms with Crippen LogP contribution in [0.5, 0.6) is 5.75 Å². The summed E-state index contributed by atoms with van der Waals surface area (Å²) in [5, 5.41) is 16.5. The molecule has 0 N–H and O–H groups in total. The Morgan fingerprint density at radius 3 is 2.66 bits per heavy atom. The molecule has 1 aliphatic rings. The van der Waals surface area contributed by atoms with Gasteiger partial charge in [-0.1, -0.05) is 12.1 Å². The lowest BCUT2D eigenvalue weighted by Gasteiger charge is -2.08. The fraction of sp³-hybridized carbons (Fsp3) is 0.150. The van der Waals surface area contributed by atoms with E-state index >= 15 is 0 Å². The van der Waals surface area contributed by atoms with Crippen LogP contribution in [-0.4, -0.2) is 29.8 Å². The molecule has 0 saturated heterocycles. The zero-order valence-corrected chi connectivity index (χ0v) is 18.0. The van der Waals surface area contributed by atoms with Crippen LogP contribution in [0, 0.1) is 0 Å². The van der Waals surface area contributed by atoms with Crippen LogP contribution < -0.4 is 9.75 Å². The number of amides is 1. The minimum Gasteiger partial charge on any atom is -0.497 e. The van der Waals surface area contributed by atoms with E-state index in [0.717, 1.165) is 21.5 Å². The van der Waals surface area contributed by atoms with Crippen molar-refractivity contribution < 1.29 is 9.53 Å². The van der Waals surface area contributed by atoms with Crippen molar-refractivity contribution in [1.82, 2.24) is 4.98 Å². The molecule has 0 fully saturated rings. The summed E-state index contributed by atoms with van der Waals surface area (Å²) in [6, 6.07) is 14.3. The van der Waals surface area contributed by atoms with Gasteiger partial charge in [0, 0.05) is 15.4 Å². The van der Waals surface area contributed by atoms with E-state index in [0.29, 0.717) is 16.5 Å². The standard InChI is InChI=1S/C20H16BrN5O2S/c1-12-18(24-23-16-6-4-3-5-15(16)21)19(27)26(25-12)20-22-17(11-29-20)13-7-9-14(28-2)10-8-13/h3-11,18H,1-2H3. The van der Waals surface area contributed by atoms with Crippen LogP contribution in [0.1, 0.15) is 6.92 Å². The summed E-state index contributed by atoms with van der Waals surface area (Å²) >= 11 is 4.78. The summed E-state index contributed by atoms with van der Waals surface area (Å²) in [5.74, 6) is 0.506. The second-order valence-corrected chi connectivity index (χ2v) is 7.90. The fourth-order valence-electron chi connectivity index (χ4n) is 2.73. The fourth-order valence-corrected chi connectivity index (χ4v) is 3.89. The number of thiazole rings is 1. The van der Waals surface area contributed by atoms with E-state index in [1.807, 2.05) is 53.9 Å². The quantitative estimate of drug-likeness (QED) is 0.465. The van der Waals surface area contributed by atoms with Gasteiger partial charge < -0.3 is 4.74 Å². The molecular weight excluding hydrogens is 454 g/mol. The monoisotopic (exact) mass is 469 g/mol. The lowest BCUT2D eigenvalue weighted by Crippen LogP contribution is -2.29. The van der Waals surface area contributed by atoms with Gasteiger partial charge >= 0.3 is 0 Å². The van der Waals surface area contributed by atoms with E-state index in [9.17, 15) is 4.79 Å². The van der Waals surface area contributed by atoms with Gasteiger partial charge in [-0.2, -0.15) is 20.3 Å². The molecule has 146 valence electrons. The lowest BCUT2D eigenvalue weighted by molar-refractivity contribution is -0.117. The van der Waals surface area contributed by atoms with Gasteiger partial charge in [0.05, 0.1) is 24.2 Å². The molecule has 7 nitrogen and oxygen atoms in total. The van der Waals surface area contributed by atoms with Crippen molar-refractivity contribution in [1.29, 1.82) is 0 Å². The Bertz CT molecular complexity index is 1110. The third-order valence-electron chi connectivity index (χ3n) is 4.29. The van der Waals surface area contributed by atoms with Crippen molar-refractivity contribution in [2.75, 3.05) is 12.1 Å². The minimum atomic E-state index is -0.754. The predicted molar refractivity (Wildman–Crippen MR) is 117 cm³/mol. The SMILES string of the molecule is COc1ccc(-c2csc(N3N=C(C)C(N=Nc4ccccc4Br)C3=O)n2)cc1. The van der Waals surface area contributed by atoms with Crippen molar-refractivity contribution in [2.24, 2.45) is 15.3 Å². The number of methoxy groups -OCH3 is 1. The van der Waals surface area contributed by atoms with Crippen LogP contribution in [0.2, 0.25) is 0 Å². The number of azo groups is 1. The maximum atomic E-state index is 12.8. The molecule has 1 aromatic heterocycles. The van der Waals surface area contributed by atoms with E-state index in [1.54, 1.807) is 14.0 Å². The summed E-state index contributed by atoms with van der Waals surface area (Å²) in [4.78, 5) is 17.4. The van der Waals surface area contributed by atoms with Crippen LogP contribution in [0.4, 0.5) is 10.8 Å². The molecule has 0 bridgehead atoms. The number of anilines is 1. The molecule has 4 rings (SSSR count). The van der Waals surface area contributed by atoms with Crippen LogP contribution in [0.15, 0.2) is 73.7 Å². The number of benzene rings is 2. The summed E-state index contributed by atoms with van der Waals surface area (Å²) in [6.45, 7) is 1.76. The van der Waals surface area contributed by atoms with Gasteiger partial charge in [0.25, 0.3) is 5.91 Å². The largest absolute Gasteiger partial charge is 0.497 e. The van der Waals surface area contributed by atoms with Crippen LogP contribution >= 0.6 is 27.3 Å². The number of rotatable bonds is 5. The average molecular weight is 470 g/mol. The highest BCUT2D eigenvalue weighted by molar-refractivity contribution is 9.10. The maximum absolute atomic E-state index is 12.8. The normalized spacial score (nSPS) is 16.5. The smallest absolute Gasteiger partial charge is 0.282 e. The Kier molecular flexibility index (Phi) is 5.50. The van der Waals surface area contributed by atoms with Gasteiger partial charge in [0.1, 0.15) is 5.75 Å². The number of nitrogens with zero attached hydrogens (tertiary/aromatic N) is 5. The molecule has 0 radical (unpaired) electrons. The highest BCUT2D eigenvalue weighted by atomic mass is 79.9. The van der Waals surface area contributed by atoms with Crippen molar-refractivity contribution in [3.05, 3.63) is 58.4 Å². The third kappa shape index (κ3) is 3.96. The molecule has 9 heteroatoms. The topological polar surface area (TPSA) is 79.5 Å². The van der Waals surface area contributed by atoms with Gasteiger partial charge in [0.2, 0.25) is 5.13 Å². The molecule has 1 atom stereocenters. The lowest BCUT2D eigenvalue weighted by atomic mass is 10.2. The summed E-state index contributed by atoms with van der Waals surface area (Å²) in [5.41, 5.74) is 2.94. The Morgan fingerprint density at radius 2 is 1.93 bits per heavy atom. The molecule has 1 aliphatic heterocycles. The summed E-state index contributed by atoms with van der Waals surface area (Å²) in [7, 11) is 1.62. The Balaban J connectivity index is 1.54. The summed E-state index contributed by atoms with van der Waals surface area (Å²) in [6.07, 6.45) is 0. The molecule has 2 heterocycles. The molecule has 0 saturated carbocycles. The molecule has 0 spiro atoms. The summed E-state index contributed by atoms with van der Waals surface area (Å²) < 4.78 is 5.99. The molecular formula is C20H16BrN5O2S. The number of hydrogen-bond acceptors (Lipinski definition) is 7. The van der Waals surface area contributed by atoms with Gasteiger partial charge in [-0.25, -0.2) is 4.98 Å². The number of hydrazone groups is 1. The first-order chi connectivity index (χ1) is 14.1. The second-order valence-electron chi connectivity index (χ2n) is 6.20. The minimum absolute atomic E-state index is 0.270. The van der Waals surface area contributed by atoms with E-state index in [-0.39, 0.29) is 5.91 Å². The van der Waals surface area contributed by atoms with Crippen molar-refractivity contribution in [3.63, 3.8) is 0 Å². The van der Waals surface area contributed by atoms with Gasteiger partial charge in [-0.05, 0) is 59.3 Å². The number of halogens is 1. The Labute approximate surface area is 179 Å². The maximum Gasteiger partial charge on any atom is 0.282 e. The van der Waals surface area contributed by atoms with Gasteiger partial charge in [-0.3, -0.25) is 4.79 Å². The number of aromatic nitrogens is 1. The van der Waals surface area contributed by atoms with Crippen molar-refractivity contribution in [2.45, 2.75) is 13.0 Å². The third-order valence-corrected chi connectivity index (χ3v) is 5.78. The van der Waals surface area contributed by atoms with Crippen LogP contribution in [-0.2, 0) is 4.79 Å². The van der Waals surface area contributed by atoms with E-state index in [2.05, 4.69) is 36.2 Å². The highest BCUT2D eigenvalue weighted by Crippen LogP contribution is 2.32. The van der Waals surface area contributed by atoms with Gasteiger partial charge in [0.15, 0.2) is 6.04 Å². The Morgan fingerprint density at radius 1 is 1.17 bits per heavy atom. The zero-order valence-electron chi connectivity index (χ0n) is 15.6. The number of carbonyl (C=O) groups excluding carboxylic acids is 1. The first-order valence-electron chi connectivity index (χ1n) is 8.71. The molecule has 29 heavy (non-hydrogen) atoms. The van der Waals surface area contributed by atoms with Gasteiger partial charge in [-0.15, -0.1) is 11.3 Å². The van der Waals surface area contributed by atoms with Crippen molar-refractivity contribution in [3.8, 4) is 17.0 Å². The van der Waals surface area contributed by atoms with E-state index in [4.69, 9.17) is 4.74 Å². The molecule has 2 aromatic carbocycles. The zero-order chi connectivity index (χ0) is 20.4. The first-order valence-corrected chi connectivity index (χ1v) is 10.4. The highest BCUT2D eigenvalue weighted by Gasteiger charge is 2.36. The molecule has 0 aliphatic carbocycles. The second kappa shape index (κ2) is 8.22. The molecule has 1 amide bonds.